The fourth-order valence-electron chi connectivity index (χ4n) is 4.92. The summed E-state index contributed by atoms with van der Waals surface area (Å²) < 4.78 is 0. The fraction of sp³-hybridized carbons (Fsp3) is 0.0286. The first kappa shape index (κ1) is 28.1. The van der Waals surface area contributed by atoms with Gasteiger partial charge in [-0.3, -0.25) is 14.4 Å². The second-order valence-corrected chi connectivity index (χ2v) is 11.4. The number of para-hydroxylation sites is 1. The Kier molecular flexibility index (Phi) is 8.13. The molecule has 0 spiro atoms. The van der Waals surface area contributed by atoms with Crippen LogP contribution in [0.3, 0.4) is 0 Å². The molecule has 5 aromatic rings. The topological polar surface area (TPSA) is 87.3 Å². The Hall–Kier alpha value is -5.05. The van der Waals surface area contributed by atoms with E-state index in [9.17, 15) is 14.4 Å². The monoisotopic (exact) mass is 599 g/mol. The van der Waals surface area contributed by atoms with E-state index in [-0.39, 0.29) is 28.6 Å². The van der Waals surface area contributed by atoms with Crippen LogP contribution in [0.5, 0.6) is 0 Å². The third kappa shape index (κ3) is 6.11. The van der Waals surface area contributed by atoms with Crippen LogP contribution in [0.15, 0.2) is 132 Å². The number of anilines is 3. The molecule has 0 saturated heterocycles. The number of amides is 1. The molecule has 0 aliphatic heterocycles. The lowest BCUT2D eigenvalue weighted by atomic mass is 9.83. The van der Waals surface area contributed by atoms with E-state index in [2.05, 4.69) is 16.0 Å². The Morgan fingerprint density at radius 3 is 1.81 bits per heavy atom. The molecular formula is C35H25N3O3S2. The van der Waals surface area contributed by atoms with E-state index in [0.717, 1.165) is 21.8 Å². The van der Waals surface area contributed by atoms with Crippen LogP contribution < -0.4 is 16.0 Å². The summed E-state index contributed by atoms with van der Waals surface area (Å²) in [7, 11) is 0. The standard InChI is InChI=1S/C35H25N3O3S2/c39-31-26-14-7-8-15-27(26)32(40)30-28(31)16-9-17-29(30)38-34(41)33(22-10-3-1-4-11-22)43-25-20-18-24(19-21-25)37-35(42)36-23-12-5-2-6-13-23/h1-21,33H,(H,38,41)(H2,36,37,42). The third-order valence-corrected chi connectivity index (χ3v) is 8.42. The van der Waals surface area contributed by atoms with E-state index in [0.29, 0.717) is 21.9 Å². The van der Waals surface area contributed by atoms with Crippen LogP contribution in [-0.2, 0) is 4.79 Å². The largest absolute Gasteiger partial charge is 0.332 e. The predicted octanol–water partition coefficient (Wildman–Crippen LogP) is 7.74. The molecule has 1 aliphatic carbocycles. The maximum atomic E-state index is 13.9. The molecule has 8 heteroatoms. The summed E-state index contributed by atoms with van der Waals surface area (Å²) in [5.41, 5.74) is 4.02. The van der Waals surface area contributed by atoms with Crippen molar-refractivity contribution in [1.82, 2.24) is 0 Å². The van der Waals surface area contributed by atoms with Crippen LogP contribution in [0.4, 0.5) is 17.1 Å². The number of thioether (sulfide) groups is 1. The average Bonchev–Trinajstić information content (AvgIpc) is 3.04. The highest BCUT2D eigenvalue weighted by atomic mass is 32.2. The van der Waals surface area contributed by atoms with E-state index in [1.54, 1.807) is 42.5 Å². The maximum Gasteiger partial charge on any atom is 0.242 e. The van der Waals surface area contributed by atoms with Crippen molar-refractivity contribution >= 4 is 63.6 Å². The molecule has 0 radical (unpaired) electrons. The van der Waals surface area contributed by atoms with Gasteiger partial charge in [-0.25, -0.2) is 0 Å². The van der Waals surface area contributed by atoms with Crippen LogP contribution in [0.25, 0.3) is 0 Å². The molecule has 0 aromatic heterocycles. The number of thiocarbonyl (C=S) groups is 1. The summed E-state index contributed by atoms with van der Waals surface area (Å²) in [6.45, 7) is 0. The Morgan fingerprint density at radius 2 is 1.14 bits per heavy atom. The van der Waals surface area contributed by atoms with Crippen LogP contribution >= 0.6 is 24.0 Å². The van der Waals surface area contributed by atoms with E-state index < -0.39 is 5.25 Å². The van der Waals surface area contributed by atoms with Gasteiger partial charge in [0.15, 0.2) is 16.7 Å². The number of hydrogen-bond acceptors (Lipinski definition) is 5. The van der Waals surface area contributed by atoms with Crippen molar-refractivity contribution in [3.63, 3.8) is 0 Å². The van der Waals surface area contributed by atoms with Gasteiger partial charge in [0.2, 0.25) is 5.91 Å². The SMILES string of the molecule is O=C1c2ccccc2C(=O)c2c(NC(=O)C(Sc3ccc(NC(=S)Nc4ccccc4)cc3)c3ccccc3)cccc21. The number of rotatable bonds is 7. The first-order chi connectivity index (χ1) is 21.0. The average molecular weight is 600 g/mol. The first-order valence-electron chi connectivity index (χ1n) is 13.5. The van der Waals surface area contributed by atoms with Crippen molar-refractivity contribution in [2.75, 3.05) is 16.0 Å². The Balaban J connectivity index is 1.22. The summed E-state index contributed by atoms with van der Waals surface area (Å²) in [6.07, 6.45) is 0. The minimum atomic E-state index is -0.627. The minimum absolute atomic E-state index is 0.215. The Labute approximate surface area is 258 Å². The molecule has 43 heavy (non-hydrogen) atoms. The zero-order valence-corrected chi connectivity index (χ0v) is 24.4. The number of carbonyl (C=O) groups is 3. The van der Waals surface area contributed by atoms with Crippen LogP contribution in [-0.4, -0.2) is 22.6 Å². The van der Waals surface area contributed by atoms with Gasteiger partial charge < -0.3 is 16.0 Å². The molecule has 0 heterocycles. The van der Waals surface area contributed by atoms with Crippen molar-refractivity contribution in [2.45, 2.75) is 10.1 Å². The molecule has 3 N–H and O–H groups in total. The molecule has 0 bridgehead atoms. The van der Waals surface area contributed by atoms with Gasteiger partial charge in [0.05, 0.1) is 11.3 Å². The maximum absolute atomic E-state index is 13.9. The second-order valence-electron chi connectivity index (χ2n) is 9.80. The number of benzene rings is 5. The van der Waals surface area contributed by atoms with Gasteiger partial charge >= 0.3 is 0 Å². The molecule has 6 nitrogen and oxygen atoms in total. The zero-order chi connectivity index (χ0) is 29.8. The molecule has 1 amide bonds. The smallest absolute Gasteiger partial charge is 0.242 e. The van der Waals surface area contributed by atoms with Gasteiger partial charge in [0, 0.05) is 33.0 Å². The predicted molar refractivity (Wildman–Crippen MR) is 176 cm³/mol. The van der Waals surface area contributed by atoms with Gasteiger partial charge in [0.1, 0.15) is 5.25 Å². The van der Waals surface area contributed by atoms with E-state index >= 15 is 0 Å². The van der Waals surface area contributed by atoms with E-state index in [4.69, 9.17) is 12.2 Å². The van der Waals surface area contributed by atoms with Crippen LogP contribution in [0, 0.1) is 0 Å². The summed E-state index contributed by atoms with van der Waals surface area (Å²) in [6, 6.07) is 38.5. The number of fused-ring (bicyclic) bond motifs is 2. The quantitative estimate of drug-likeness (QED) is 0.128. The minimum Gasteiger partial charge on any atom is -0.332 e. The van der Waals surface area contributed by atoms with E-state index in [1.807, 2.05) is 84.9 Å². The summed E-state index contributed by atoms with van der Waals surface area (Å²) in [5, 5.41) is 9.12. The fourth-order valence-corrected chi connectivity index (χ4v) is 6.18. The van der Waals surface area contributed by atoms with Crippen LogP contribution in [0.1, 0.15) is 42.7 Å². The third-order valence-electron chi connectivity index (χ3n) is 6.95. The van der Waals surface area contributed by atoms with Crippen LogP contribution in [0.2, 0.25) is 0 Å². The van der Waals surface area contributed by atoms with Gasteiger partial charge in [-0.2, -0.15) is 0 Å². The lowest BCUT2D eigenvalue weighted by Gasteiger charge is -2.22. The molecule has 0 fully saturated rings. The molecule has 0 saturated carbocycles. The molecular weight excluding hydrogens is 575 g/mol. The summed E-state index contributed by atoms with van der Waals surface area (Å²) in [5.74, 6) is -0.825. The normalized spacial score (nSPS) is 12.5. The highest BCUT2D eigenvalue weighted by molar-refractivity contribution is 8.00. The number of hydrogen-bond donors (Lipinski definition) is 3. The highest BCUT2D eigenvalue weighted by Crippen LogP contribution is 2.38. The molecule has 5 aromatic carbocycles. The van der Waals surface area contributed by atoms with Crippen molar-refractivity contribution in [3.8, 4) is 0 Å². The van der Waals surface area contributed by atoms with Crippen molar-refractivity contribution in [2.24, 2.45) is 0 Å². The lowest BCUT2D eigenvalue weighted by molar-refractivity contribution is -0.115. The zero-order valence-electron chi connectivity index (χ0n) is 22.7. The number of nitrogens with one attached hydrogen (secondary N) is 3. The molecule has 1 unspecified atom stereocenters. The second kappa shape index (κ2) is 12.4. The van der Waals surface area contributed by atoms with Gasteiger partial charge in [0.25, 0.3) is 0 Å². The Bertz CT molecular complexity index is 1840. The van der Waals surface area contributed by atoms with E-state index in [1.165, 1.54) is 11.8 Å². The van der Waals surface area contributed by atoms with Gasteiger partial charge in [-0.1, -0.05) is 84.9 Å². The molecule has 1 aliphatic rings. The first-order valence-corrected chi connectivity index (χ1v) is 14.8. The highest BCUT2D eigenvalue weighted by Gasteiger charge is 2.32. The number of ketones is 2. The lowest BCUT2D eigenvalue weighted by Crippen LogP contribution is -2.25. The Morgan fingerprint density at radius 1 is 0.581 bits per heavy atom. The van der Waals surface area contributed by atoms with Gasteiger partial charge in [-0.15, -0.1) is 11.8 Å². The molecule has 6 rings (SSSR count). The van der Waals surface area contributed by atoms with Crippen molar-refractivity contribution < 1.29 is 14.4 Å². The number of carbonyl (C=O) groups excluding carboxylic acids is 3. The van der Waals surface area contributed by atoms with Crippen molar-refractivity contribution in [3.05, 3.63) is 155 Å². The summed E-state index contributed by atoms with van der Waals surface area (Å²) >= 11 is 6.82. The molecule has 1 atom stereocenters. The van der Waals surface area contributed by atoms with Gasteiger partial charge in [-0.05, 0) is 60.2 Å². The summed E-state index contributed by atoms with van der Waals surface area (Å²) in [4.78, 5) is 41.4. The van der Waals surface area contributed by atoms with Crippen molar-refractivity contribution in [1.29, 1.82) is 0 Å². The molecule has 210 valence electrons.